The maximum absolute atomic E-state index is 7.08. The molecule has 0 radical (unpaired) electrons. The van der Waals surface area contributed by atoms with Crippen molar-refractivity contribution in [1.29, 1.82) is 0 Å². The molecule has 1 aliphatic carbocycles. The van der Waals surface area contributed by atoms with E-state index in [1.807, 2.05) is 23.1 Å². The molecule has 0 spiro atoms. The normalized spacial score (nSPS) is 17.4. The number of hydrogen-bond donors (Lipinski definition) is 0. The molecule has 0 atom stereocenters. The number of fused-ring (bicyclic) bond motifs is 6. The zero-order chi connectivity index (χ0) is 27.9. The number of hydrogen-bond acceptors (Lipinski definition) is 3. The maximum atomic E-state index is 7.08. The van der Waals surface area contributed by atoms with Crippen LogP contribution in [-0.4, -0.2) is 6.54 Å². The van der Waals surface area contributed by atoms with Crippen molar-refractivity contribution < 1.29 is 28.5 Å². The first-order valence-electron chi connectivity index (χ1n) is 14.5. The highest BCUT2D eigenvalue weighted by molar-refractivity contribution is 8.04. The van der Waals surface area contributed by atoms with Crippen LogP contribution in [-0.2, 0) is 6.54 Å². The van der Waals surface area contributed by atoms with Crippen molar-refractivity contribution in [2.75, 3.05) is 11.4 Å². The van der Waals surface area contributed by atoms with Crippen LogP contribution < -0.4 is 33.4 Å². The summed E-state index contributed by atoms with van der Waals surface area (Å²) in [6.45, 7) is 6.32. The zero-order valence-corrected chi connectivity index (χ0v) is 28.3. The highest BCUT2D eigenvalue weighted by Crippen LogP contribution is 2.49. The Kier molecular flexibility index (Phi) is 8.83. The van der Waals surface area contributed by atoms with Gasteiger partial charge in [0.2, 0.25) is 5.52 Å². The number of thioether (sulfide) groups is 1. The van der Waals surface area contributed by atoms with Gasteiger partial charge in [0.1, 0.15) is 11.2 Å². The highest BCUT2D eigenvalue weighted by Gasteiger charge is 2.26. The first-order chi connectivity index (χ1) is 20.2. The molecular formula is C36H32ClIN2S2. The van der Waals surface area contributed by atoms with Crippen molar-refractivity contribution >= 4 is 78.2 Å². The molecule has 0 unspecified atom stereocenters. The van der Waals surface area contributed by atoms with Gasteiger partial charge in [-0.25, -0.2) is 0 Å². The second-order valence-electron chi connectivity index (χ2n) is 10.5. The third-order valence-corrected chi connectivity index (χ3v) is 11.1. The number of halogens is 2. The van der Waals surface area contributed by atoms with Crippen LogP contribution in [0.15, 0.2) is 117 Å². The van der Waals surface area contributed by atoms with Gasteiger partial charge in [-0.3, -0.25) is 0 Å². The zero-order valence-electron chi connectivity index (χ0n) is 23.7. The first-order valence-corrected chi connectivity index (χ1v) is 16.5. The van der Waals surface area contributed by atoms with E-state index in [-0.39, 0.29) is 24.0 Å². The topological polar surface area (TPSA) is 7.12 Å². The van der Waals surface area contributed by atoms with Crippen molar-refractivity contribution in [1.82, 2.24) is 0 Å². The fourth-order valence-electron chi connectivity index (χ4n) is 6.11. The van der Waals surface area contributed by atoms with E-state index in [0.717, 1.165) is 37.4 Å². The summed E-state index contributed by atoms with van der Waals surface area (Å²) >= 11 is 10.8. The predicted octanol–water partition coefficient (Wildman–Crippen LogP) is 7.61. The number of thiazole rings is 1. The van der Waals surface area contributed by atoms with Crippen LogP contribution in [0.3, 0.4) is 0 Å². The summed E-state index contributed by atoms with van der Waals surface area (Å²) in [6.07, 6.45) is 12.2. The van der Waals surface area contributed by atoms with Crippen LogP contribution in [0.1, 0.15) is 38.1 Å². The minimum Gasteiger partial charge on any atom is -1.00 e. The Morgan fingerprint density at radius 3 is 2.38 bits per heavy atom. The molecular weight excluding hydrogens is 687 g/mol. The second kappa shape index (κ2) is 12.6. The number of aryl methyl sites for hydroxylation is 1. The average Bonchev–Trinajstić information content (AvgIpc) is 3.57. The van der Waals surface area contributed by atoms with Gasteiger partial charge < -0.3 is 28.9 Å². The molecule has 1 aromatic heterocycles. The summed E-state index contributed by atoms with van der Waals surface area (Å²) in [5.74, 6) is 0. The van der Waals surface area contributed by atoms with E-state index in [1.165, 1.54) is 63.5 Å². The number of allylic oxidation sites excluding steroid dienone is 6. The SMILES string of the molecule is CCN1/C(=C/C=C2\CCCC(/C=C/c3sc4c5ccccc5ccc4[n+]3CC)=C2Cl)Sc2c1ccc1ccccc21.[I-]. The fourth-order valence-corrected chi connectivity index (χ4v) is 8.95. The van der Waals surface area contributed by atoms with E-state index in [9.17, 15) is 0 Å². The lowest BCUT2D eigenvalue weighted by atomic mass is 9.94. The van der Waals surface area contributed by atoms with Crippen LogP contribution >= 0.6 is 34.7 Å². The average molecular weight is 719 g/mol. The first kappa shape index (κ1) is 29.5. The molecule has 42 heavy (non-hydrogen) atoms. The van der Waals surface area contributed by atoms with Crippen molar-refractivity contribution in [2.45, 2.75) is 44.6 Å². The van der Waals surface area contributed by atoms with Gasteiger partial charge in [-0.15, -0.1) is 0 Å². The molecule has 0 bridgehead atoms. The van der Waals surface area contributed by atoms with Gasteiger partial charge in [-0.2, -0.15) is 4.57 Å². The number of nitrogens with zero attached hydrogens (tertiary/aromatic N) is 2. The Balaban J connectivity index is 0.00000316. The van der Waals surface area contributed by atoms with Gasteiger partial charge in [0.05, 0.1) is 10.7 Å². The van der Waals surface area contributed by atoms with Gasteiger partial charge in [0, 0.05) is 34.0 Å². The minimum absolute atomic E-state index is 0. The summed E-state index contributed by atoms with van der Waals surface area (Å²) in [7, 11) is 0. The molecule has 0 N–H and O–H groups in total. The van der Waals surface area contributed by atoms with E-state index >= 15 is 0 Å². The molecule has 7 rings (SSSR count). The maximum Gasteiger partial charge on any atom is 0.262 e. The lowest BCUT2D eigenvalue weighted by Gasteiger charge is -2.19. The number of benzene rings is 4. The van der Waals surface area contributed by atoms with Gasteiger partial charge in [0.25, 0.3) is 5.01 Å². The minimum atomic E-state index is 0. The van der Waals surface area contributed by atoms with E-state index in [1.54, 1.807) is 0 Å². The summed E-state index contributed by atoms with van der Waals surface area (Å²) < 4.78 is 3.77. The summed E-state index contributed by atoms with van der Waals surface area (Å²) in [5, 5.41) is 8.67. The Morgan fingerprint density at radius 2 is 1.60 bits per heavy atom. The Morgan fingerprint density at radius 1 is 0.857 bits per heavy atom. The van der Waals surface area contributed by atoms with Crippen molar-refractivity contribution in [2.24, 2.45) is 0 Å². The molecule has 5 aromatic rings. The largest absolute Gasteiger partial charge is 1.00 e. The van der Waals surface area contributed by atoms with Crippen LogP contribution in [0.4, 0.5) is 5.69 Å². The van der Waals surface area contributed by atoms with Crippen molar-refractivity contribution in [3.63, 3.8) is 0 Å². The predicted molar refractivity (Wildman–Crippen MR) is 180 cm³/mol. The molecule has 0 saturated heterocycles. The summed E-state index contributed by atoms with van der Waals surface area (Å²) in [5.41, 5.74) is 5.06. The van der Waals surface area contributed by atoms with Crippen molar-refractivity contribution in [3.05, 3.63) is 117 Å². The molecule has 4 aromatic carbocycles. The molecule has 6 heteroatoms. The molecule has 1 aliphatic heterocycles. The molecule has 0 amide bonds. The van der Waals surface area contributed by atoms with Crippen LogP contribution in [0, 0.1) is 0 Å². The van der Waals surface area contributed by atoms with E-state index in [0.29, 0.717) is 0 Å². The fraction of sp³-hybridized carbons (Fsp3) is 0.194. The smallest absolute Gasteiger partial charge is 0.262 e. The Hall–Kier alpha value is -2.58. The molecule has 2 aliphatic rings. The van der Waals surface area contributed by atoms with E-state index in [4.69, 9.17) is 11.6 Å². The number of aromatic nitrogens is 1. The summed E-state index contributed by atoms with van der Waals surface area (Å²) in [6, 6.07) is 26.3. The van der Waals surface area contributed by atoms with Crippen LogP contribution in [0.2, 0.25) is 0 Å². The van der Waals surface area contributed by atoms with Gasteiger partial charge >= 0.3 is 0 Å². The molecule has 0 saturated carbocycles. The monoisotopic (exact) mass is 718 g/mol. The molecule has 0 fully saturated rings. The lowest BCUT2D eigenvalue weighted by Crippen LogP contribution is -3.00. The Labute approximate surface area is 278 Å². The van der Waals surface area contributed by atoms with Gasteiger partial charge in [-0.05, 0) is 78.6 Å². The van der Waals surface area contributed by atoms with Gasteiger partial charge in [-0.1, -0.05) is 101 Å². The third kappa shape index (κ3) is 5.23. The Bertz CT molecular complexity index is 1950. The summed E-state index contributed by atoms with van der Waals surface area (Å²) in [4.78, 5) is 3.77. The van der Waals surface area contributed by atoms with Crippen LogP contribution in [0.5, 0.6) is 0 Å². The molecule has 212 valence electrons. The van der Waals surface area contributed by atoms with Gasteiger partial charge in [0.15, 0.2) is 0 Å². The number of anilines is 1. The lowest BCUT2D eigenvalue weighted by molar-refractivity contribution is -0.665. The second-order valence-corrected chi connectivity index (χ2v) is 13.0. The molecule has 2 heterocycles. The number of rotatable bonds is 5. The van der Waals surface area contributed by atoms with E-state index in [2.05, 4.69) is 120 Å². The van der Waals surface area contributed by atoms with Crippen LogP contribution in [0.25, 0.3) is 37.8 Å². The third-order valence-electron chi connectivity index (χ3n) is 8.19. The highest BCUT2D eigenvalue weighted by atomic mass is 127. The van der Waals surface area contributed by atoms with Crippen molar-refractivity contribution in [3.8, 4) is 0 Å². The van der Waals surface area contributed by atoms with E-state index < -0.39 is 0 Å². The quantitative estimate of drug-likeness (QED) is 0.137. The standard InChI is InChI=1S/C36H32ClN2S2.HI/c1-3-38-30-20-16-24-10-5-7-14-28(24)35(30)40-32(38)22-18-26-12-9-13-27(34(26)37)19-23-33-39(4-2)31-21-17-25-11-6-8-15-29(25)36(31)41-33;/h5-8,10-11,14-23H,3-4,9,12-13H2,1-2H3;1H/q+1;/p-1. The molecule has 2 nitrogen and oxygen atoms in total.